The van der Waals surface area contributed by atoms with Crippen molar-refractivity contribution in [3.05, 3.63) is 23.9 Å². The van der Waals surface area contributed by atoms with Gasteiger partial charge in [-0.15, -0.1) is 0 Å². The van der Waals surface area contributed by atoms with Crippen LogP contribution in [0, 0.1) is 0 Å². The fourth-order valence-corrected chi connectivity index (χ4v) is 1.46. The number of nitrogens with zero attached hydrogens (tertiary/aromatic N) is 1. The summed E-state index contributed by atoms with van der Waals surface area (Å²) >= 11 is 0. The van der Waals surface area contributed by atoms with E-state index in [1.54, 1.807) is 0 Å². The van der Waals surface area contributed by atoms with E-state index in [2.05, 4.69) is 4.98 Å². The third-order valence-electron chi connectivity index (χ3n) is 1.55. The fraction of sp³-hybridized carbons (Fsp3) is 0.375. The summed E-state index contributed by atoms with van der Waals surface area (Å²) in [5.41, 5.74) is -0.541. The summed E-state index contributed by atoms with van der Waals surface area (Å²) in [5.74, 6) is -3.12. The average Bonchev–Trinajstić information content (AvgIpc) is 2.01. The summed E-state index contributed by atoms with van der Waals surface area (Å²) in [4.78, 5) is 3.38. The Bertz CT molecular complexity index is 437. The highest BCUT2D eigenvalue weighted by Crippen LogP contribution is 2.25. The first kappa shape index (κ1) is 11.0. The maximum Gasteiger partial charge on any atom is 0.287 e. The average molecular weight is 221 g/mol. The number of halogens is 2. The number of pyridine rings is 1. The minimum atomic E-state index is -3.53. The van der Waals surface area contributed by atoms with Gasteiger partial charge < -0.3 is 0 Å². The summed E-state index contributed by atoms with van der Waals surface area (Å²) in [6.07, 6.45) is 0.924. The van der Waals surface area contributed by atoms with Gasteiger partial charge in [0.1, 0.15) is 5.69 Å². The molecule has 0 amide bonds. The Kier molecular flexibility index (Phi) is 2.58. The van der Waals surface area contributed by atoms with Crippen LogP contribution in [0.4, 0.5) is 8.78 Å². The van der Waals surface area contributed by atoms with Crippen molar-refractivity contribution in [1.29, 1.82) is 0 Å². The van der Waals surface area contributed by atoms with Gasteiger partial charge in [0, 0.05) is 13.2 Å². The van der Waals surface area contributed by atoms with Crippen LogP contribution in [0.3, 0.4) is 0 Å². The molecule has 0 saturated carbocycles. The molecule has 0 atom stereocenters. The van der Waals surface area contributed by atoms with Crippen LogP contribution < -0.4 is 0 Å². The van der Waals surface area contributed by atoms with E-state index in [1.165, 1.54) is 12.1 Å². The van der Waals surface area contributed by atoms with E-state index in [1.807, 2.05) is 0 Å². The monoisotopic (exact) mass is 221 g/mol. The molecule has 0 aliphatic carbocycles. The number of hydrogen-bond donors (Lipinski definition) is 0. The molecule has 14 heavy (non-hydrogen) atoms. The molecule has 1 aromatic rings. The second-order valence-electron chi connectivity index (χ2n) is 3.02. The summed E-state index contributed by atoms with van der Waals surface area (Å²) in [7, 11) is -3.53. The van der Waals surface area contributed by atoms with E-state index in [-0.39, 0.29) is 5.03 Å². The van der Waals surface area contributed by atoms with Gasteiger partial charge in [0.25, 0.3) is 5.92 Å². The standard InChI is InChI=1S/C8H9F2NO2S/c1-8(9,10)6-4-3-5-7(11-6)14(2,12)13/h3-5H,1-2H3. The van der Waals surface area contributed by atoms with Crippen LogP contribution in [0.1, 0.15) is 12.6 Å². The minimum Gasteiger partial charge on any atom is -0.235 e. The molecule has 0 bridgehead atoms. The maximum atomic E-state index is 12.8. The normalized spacial score (nSPS) is 12.9. The lowest BCUT2D eigenvalue weighted by Crippen LogP contribution is -2.12. The van der Waals surface area contributed by atoms with E-state index in [0.717, 1.165) is 12.3 Å². The van der Waals surface area contributed by atoms with Crippen LogP contribution >= 0.6 is 0 Å². The molecule has 1 aromatic heterocycles. The predicted molar refractivity (Wildman–Crippen MR) is 46.9 cm³/mol. The van der Waals surface area contributed by atoms with Crippen LogP contribution in [-0.2, 0) is 15.8 Å². The highest BCUT2D eigenvalue weighted by molar-refractivity contribution is 7.90. The SMILES string of the molecule is CC(F)(F)c1cccc(S(C)(=O)=O)n1. The van der Waals surface area contributed by atoms with Crippen molar-refractivity contribution in [3.63, 3.8) is 0 Å². The molecule has 78 valence electrons. The van der Waals surface area contributed by atoms with E-state index in [9.17, 15) is 17.2 Å². The minimum absolute atomic E-state index is 0.337. The summed E-state index contributed by atoms with van der Waals surface area (Å²) in [6, 6.07) is 3.52. The van der Waals surface area contributed by atoms with Crippen LogP contribution in [0.5, 0.6) is 0 Å². The molecule has 0 unspecified atom stereocenters. The maximum absolute atomic E-state index is 12.8. The first-order chi connectivity index (χ1) is 6.21. The molecule has 3 nitrogen and oxygen atoms in total. The first-order valence-corrected chi connectivity index (χ1v) is 5.66. The van der Waals surface area contributed by atoms with E-state index >= 15 is 0 Å². The van der Waals surface area contributed by atoms with E-state index in [0.29, 0.717) is 6.92 Å². The number of hydrogen-bond acceptors (Lipinski definition) is 3. The second kappa shape index (κ2) is 3.27. The van der Waals surface area contributed by atoms with Crippen LogP contribution in [-0.4, -0.2) is 19.7 Å². The van der Waals surface area contributed by atoms with Gasteiger partial charge in [-0.3, -0.25) is 0 Å². The van der Waals surface area contributed by atoms with Gasteiger partial charge >= 0.3 is 0 Å². The zero-order chi connectivity index (χ0) is 11.0. The molecule has 1 heterocycles. The largest absolute Gasteiger partial charge is 0.287 e. The van der Waals surface area contributed by atoms with Crippen molar-refractivity contribution in [2.45, 2.75) is 17.9 Å². The third-order valence-corrected chi connectivity index (χ3v) is 2.54. The summed E-state index contributed by atoms with van der Waals surface area (Å²) < 4.78 is 47.5. The topological polar surface area (TPSA) is 47.0 Å². The Morgan fingerprint density at radius 1 is 1.36 bits per heavy atom. The van der Waals surface area contributed by atoms with Gasteiger partial charge in [-0.05, 0) is 12.1 Å². The van der Waals surface area contributed by atoms with Crippen molar-refractivity contribution < 1.29 is 17.2 Å². The molecule has 0 saturated heterocycles. The molecule has 1 rings (SSSR count). The van der Waals surface area contributed by atoms with Crippen LogP contribution in [0.2, 0.25) is 0 Å². The zero-order valence-corrected chi connectivity index (χ0v) is 8.48. The van der Waals surface area contributed by atoms with Gasteiger partial charge in [0.05, 0.1) is 0 Å². The molecular formula is C8H9F2NO2S. The van der Waals surface area contributed by atoms with Crippen molar-refractivity contribution in [2.75, 3.05) is 6.26 Å². The predicted octanol–water partition coefficient (Wildman–Crippen LogP) is 1.60. The van der Waals surface area contributed by atoms with Crippen molar-refractivity contribution in [1.82, 2.24) is 4.98 Å². The van der Waals surface area contributed by atoms with Gasteiger partial charge in [-0.1, -0.05) is 6.07 Å². The molecule has 0 fully saturated rings. The smallest absolute Gasteiger partial charge is 0.235 e. The molecule has 0 radical (unpaired) electrons. The summed E-state index contributed by atoms with van der Waals surface area (Å²) in [5, 5.41) is -0.337. The van der Waals surface area contributed by atoms with Crippen LogP contribution in [0.15, 0.2) is 23.2 Å². The van der Waals surface area contributed by atoms with E-state index < -0.39 is 21.5 Å². The molecule has 0 aliphatic rings. The molecule has 0 spiro atoms. The number of aromatic nitrogens is 1. The van der Waals surface area contributed by atoms with Crippen molar-refractivity contribution in [2.24, 2.45) is 0 Å². The lowest BCUT2D eigenvalue weighted by atomic mass is 10.2. The van der Waals surface area contributed by atoms with Crippen LogP contribution in [0.25, 0.3) is 0 Å². The molecule has 6 heteroatoms. The summed E-state index contributed by atoms with van der Waals surface area (Å²) in [6.45, 7) is 0.668. The fourth-order valence-electron chi connectivity index (χ4n) is 0.866. The van der Waals surface area contributed by atoms with Gasteiger partial charge in [0.2, 0.25) is 0 Å². The quantitative estimate of drug-likeness (QED) is 0.762. The highest BCUT2D eigenvalue weighted by atomic mass is 32.2. The Hall–Kier alpha value is -1.04. The lowest BCUT2D eigenvalue weighted by molar-refractivity contribution is 0.0122. The molecule has 0 N–H and O–H groups in total. The number of rotatable bonds is 2. The third kappa shape index (κ3) is 2.47. The Balaban J connectivity index is 3.29. The molecule has 0 aliphatic heterocycles. The van der Waals surface area contributed by atoms with Gasteiger partial charge in [-0.25, -0.2) is 13.4 Å². The molecule has 0 aromatic carbocycles. The first-order valence-electron chi connectivity index (χ1n) is 3.76. The number of sulfone groups is 1. The van der Waals surface area contributed by atoms with Gasteiger partial charge in [0.15, 0.2) is 14.9 Å². The second-order valence-corrected chi connectivity index (χ2v) is 4.98. The van der Waals surface area contributed by atoms with Crippen molar-refractivity contribution >= 4 is 9.84 Å². The highest BCUT2D eigenvalue weighted by Gasteiger charge is 2.27. The Morgan fingerprint density at radius 2 is 1.93 bits per heavy atom. The Labute approximate surface area is 80.7 Å². The zero-order valence-electron chi connectivity index (χ0n) is 7.66. The van der Waals surface area contributed by atoms with Crippen molar-refractivity contribution in [3.8, 4) is 0 Å². The Morgan fingerprint density at radius 3 is 2.36 bits per heavy atom. The molecular weight excluding hydrogens is 212 g/mol. The van der Waals surface area contributed by atoms with Gasteiger partial charge in [-0.2, -0.15) is 8.78 Å². The van der Waals surface area contributed by atoms with E-state index in [4.69, 9.17) is 0 Å². The number of alkyl halides is 2. The lowest BCUT2D eigenvalue weighted by Gasteiger charge is -2.09.